The highest BCUT2D eigenvalue weighted by molar-refractivity contribution is 5.76. The Balaban J connectivity index is 2.59. The van der Waals surface area contributed by atoms with Gasteiger partial charge in [-0.25, -0.2) is 0 Å². The van der Waals surface area contributed by atoms with Crippen molar-refractivity contribution in [2.45, 2.75) is 73.3 Å². The molecule has 0 aromatic carbocycles. The largest absolute Gasteiger partial charge is 0.341 e. The summed E-state index contributed by atoms with van der Waals surface area (Å²) in [6.45, 7) is 16.3. The predicted molar refractivity (Wildman–Crippen MR) is 90.3 cm³/mol. The van der Waals surface area contributed by atoms with Crippen molar-refractivity contribution in [3.63, 3.8) is 0 Å². The SMILES string of the molecule is CCC(=O)N1CC(CC(C)(C)C)CC(NCCC(C)C)C1. The molecule has 0 aliphatic carbocycles. The molecule has 3 nitrogen and oxygen atoms in total. The van der Waals surface area contributed by atoms with Crippen molar-refractivity contribution in [3.8, 4) is 0 Å². The van der Waals surface area contributed by atoms with Crippen LogP contribution in [0.4, 0.5) is 0 Å². The fourth-order valence-corrected chi connectivity index (χ4v) is 3.37. The molecule has 1 heterocycles. The summed E-state index contributed by atoms with van der Waals surface area (Å²) in [6.07, 6.45) is 4.24. The smallest absolute Gasteiger partial charge is 0.222 e. The van der Waals surface area contributed by atoms with Crippen LogP contribution in [0.3, 0.4) is 0 Å². The van der Waals surface area contributed by atoms with Crippen molar-refractivity contribution in [2.24, 2.45) is 17.3 Å². The number of nitrogens with zero attached hydrogens (tertiary/aromatic N) is 1. The molecule has 1 saturated heterocycles. The number of carbonyl (C=O) groups excluding carboxylic acids is 1. The fraction of sp³-hybridized carbons (Fsp3) is 0.944. The molecule has 1 fully saturated rings. The van der Waals surface area contributed by atoms with E-state index in [0.717, 1.165) is 25.6 Å². The highest BCUT2D eigenvalue weighted by Gasteiger charge is 2.31. The Bertz CT molecular complexity index is 320. The molecule has 124 valence electrons. The zero-order valence-electron chi connectivity index (χ0n) is 15.0. The first-order chi connectivity index (χ1) is 9.71. The lowest BCUT2D eigenvalue weighted by molar-refractivity contribution is -0.133. The molecule has 0 radical (unpaired) electrons. The number of hydrogen-bond acceptors (Lipinski definition) is 2. The van der Waals surface area contributed by atoms with Crippen molar-refractivity contribution >= 4 is 5.91 Å². The molecule has 21 heavy (non-hydrogen) atoms. The number of hydrogen-bond donors (Lipinski definition) is 1. The summed E-state index contributed by atoms with van der Waals surface area (Å²) in [5.74, 6) is 1.68. The quantitative estimate of drug-likeness (QED) is 0.811. The van der Waals surface area contributed by atoms with Crippen LogP contribution < -0.4 is 5.32 Å². The third kappa shape index (κ3) is 7.30. The summed E-state index contributed by atoms with van der Waals surface area (Å²) in [4.78, 5) is 14.2. The number of amides is 1. The van der Waals surface area contributed by atoms with E-state index in [-0.39, 0.29) is 0 Å². The Labute approximate surface area is 131 Å². The number of piperidine rings is 1. The van der Waals surface area contributed by atoms with Crippen LogP contribution in [0.2, 0.25) is 0 Å². The summed E-state index contributed by atoms with van der Waals surface area (Å²) < 4.78 is 0. The molecule has 0 aromatic rings. The number of rotatable bonds is 6. The van der Waals surface area contributed by atoms with Crippen LogP contribution in [0.1, 0.15) is 67.2 Å². The minimum Gasteiger partial charge on any atom is -0.341 e. The average molecular weight is 296 g/mol. The number of nitrogens with one attached hydrogen (secondary N) is 1. The van der Waals surface area contributed by atoms with E-state index < -0.39 is 0 Å². The summed E-state index contributed by atoms with van der Waals surface area (Å²) in [7, 11) is 0. The van der Waals surface area contributed by atoms with Crippen LogP contribution in [-0.2, 0) is 4.79 Å². The van der Waals surface area contributed by atoms with Gasteiger partial charge < -0.3 is 10.2 Å². The molecule has 1 amide bonds. The molecule has 0 saturated carbocycles. The first-order valence-electron chi connectivity index (χ1n) is 8.72. The van der Waals surface area contributed by atoms with E-state index in [2.05, 4.69) is 44.8 Å². The van der Waals surface area contributed by atoms with Crippen LogP contribution in [-0.4, -0.2) is 36.5 Å². The second-order valence-corrected chi connectivity index (χ2v) is 8.35. The Morgan fingerprint density at radius 3 is 2.48 bits per heavy atom. The van der Waals surface area contributed by atoms with E-state index in [1.54, 1.807) is 0 Å². The molecule has 1 aliphatic heterocycles. The van der Waals surface area contributed by atoms with Crippen LogP contribution in [0.5, 0.6) is 0 Å². The highest BCUT2D eigenvalue weighted by Crippen LogP contribution is 2.30. The molecule has 3 heteroatoms. The van der Waals surface area contributed by atoms with Crippen molar-refractivity contribution in [3.05, 3.63) is 0 Å². The first-order valence-corrected chi connectivity index (χ1v) is 8.72. The molecule has 0 spiro atoms. The maximum Gasteiger partial charge on any atom is 0.222 e. The average Bonchev–Trinajstić information content (AvgIpc) is 2.35. The van der Waals surface area contributed by atoms with Gasteiger partial charge in [0, 0.05) is 25.6 Å². The Morgan fingerprint density at radius 2 is 1.95 bits per heavy atom. The Kier molecular flexibility index (Phi) is 7.19. The topological polar surface area (TPSA) is 32.3 Å². The van der Waals surface area contributed by atoms with Gasteiger partial charge in [-0.1, -0.05) is 41.5 Å². The van der Waals surface area contributed by atoms with Crippen LogP contribution in [0, 0.1) is 17.3 Å². The van der Waals surface area contributed by atoms with Crippen molar-refractivity contribution in [1.82, 2.24) is 10.2 Å². The van der Waals surface area contributed by atoms with E-state index in [1.165, 1.54) is 19.3 Å². The van der Waals surface area contributed by atoms with Crippen molar-refractivity contribution in [2.75, 3.05) is 19.6 Å². The standard InChI is InChI=1S/C18H36N2O/c1-7-17(21)20-12-15(11-18(4,5)6)10-16(13-20)19-9-8-14(2)3/h14-16,19H,7-13H2,1-6H3. The second-order valence-electron chi connectivity index (χ2n) is 8.35. The summed E-state index contributed by atoms with van der Waals surface area (Å²) >= 11 is 0. The zero-order valence-corrected chi connectivity index (χ0v) is 15.0. The summed E-state index contributed by atoms with van der Waals surface area (Å²) in [6, 6.07) is 0.473. The van der Waals surface area contributed by atoms with Crippen molar-refractivity contribution < 1.29 is 4.79 Å². The van der Waals surface area contributed by atoms with Gasteiger partial charge in [-0.15, -0.1) is 0 Å². The van der Waals surface area contributed by atoms with E-state index in [9.17, 15) is 4.79 Å². The third-order valence-electron chi connectivity index (χ3n) is 4.25. The predicted octanol–water partition coefficient (Wildman–Crippen LogP) is 3.69. The first kappa shape index (κ1) is 18.5. The van der Waals surface area contributed by atoms with Crippen molar-refractivity contribution in [1.29, 1.82) is 0 Å². The maximum absolute atomic E-state index is 12.1. The van der Waals surface area contributed by atoms with Gasteiger partial charge >= 0.3 is 0 Å². The Morgan fingerprint density at radius 1 is 1.29 bits per heavy atom. The van der Waals surface area contributed by atoms with Gasteiger partial charge in [-0.2, -0.15) is 0 Å². The highest BCUT2D eigenvalue weighted by atomic mass is 16.2. The summed E-state index contributed by atoms with van der Waals surface area (Å²) in [5.41, 5.74) is 0.339. The molecule has 1 aliphatic rings. The second kappa shape index (κ2) is 8.17. The minimum atomic E-state index is 0.310. The molecule has 1 rings (SSSR count). The number of likely N-dealkylation sites (tertiary alicyclic amines) is 1. The summed E-state index contributed by atoms with van der Waals surface area (Å²) in [5, 5.41) is 3.68. The van der Waals surface area contributed by atoms with E-state index >= 15 is 0 Å². The molecule has 1 N–H and O–H groups in total. The lowest BCUT2D eigenvalue weighted by Gasteiger charge is -2.40. The van der Waals surface area contributed by atoms with Gasteiger partial charge in [0.15, 0.2) is 0 Å². The molecule has 2 unspecified atom stereocenters. The van der Waals surface area contributed by atoms with E-state index in [1.807, 2.05) is 6.92 Å². The molecule has 2 atom stereocenters. The molecular formula is C18H36N2O. The third-order valence-corrected chi connectivity index (χ3v) is 4.25. The molecule has 0 aromatic heterocycles. The van der Waals surface area contributed by atoms with Gasteiger partial charge in [-0.05, 0) is 43.1 Å². The fourth-order valence-electron chi connectivity index (χ4n) is 3.37. The van der Waals surface area contributed by atoms with Gasteiger partial charge in [0.05, 0.1) is 0 Å². The van der Waals surface area contributed by atoms with Gasteiger partial charge in [-0.3, -0.25) is 4.79 Å². The van der Waals surface area contributed by atoms with E-state index in [0.29, 0.717) is 29.7 Å². The lowest BCUT2D eigenvalue weighted by atomic mass is 9.80. The van der Waals surface area contributed by atoms with Crippen LogP contribution in [0.25, 0.3) is 0 Å². The van der Waals surface area contributed by atoms with Crippen LogP contribution in [0.15, 0.2) is 0 Å². The number of carbonyl (C=O) groups is 1. The normalized spacial score (nSPS) is 23.7. The van der Waals surface area contributed by atoms with Crippen LogP contribution >= 0.6 is 0 Å². The maximum atomic E-state index is 12.1. The molecule has 0 bridgehead atoms. The minimum absolute atomic E-state index is 0.310. The molecular weight excluding hydrogens is 260 g/mol. The lowest BCUT2D eigenvalue weighted by Crippen LogP contribution is -2.51. The van der Waals surface area contributed by atoms with Gasteiger partial charge in [0.1, 0.15) is 0 Å². The van der Waals surface area contributed by atoms with E-state index in [4.69, 9.17) is 0 Å². The zero-order chi connectivity index (χ0) is 16.0. The monoisotopic (exact) mass is 296 g/mol. The van der Waals surface area contributed by atoms with Gasteiger partial charge in [0.2, 0.25) is 5.91 Å². The Hall–Kier alpha value is -0.570. The van der Waals surface area contributed by atoms with Gasteiger partial charge in [0.25, 0.3) is 0 Å².